The maximum Gasteiger partial charge on any atom is 0.343 e. The van der Waals surface area contributed by atoms with E-state index in [2.05, 4.69) is 4.98 Å². The van der Waals surface area contributed by atoms with Gasteiger partial charge in [0.2, 0.25) is 5.79 Å². The second-order valence-corrected chi connectivity index (χ2v) is 5.96. The molecule has 0 radical (unpaired) electrons. The van der Waals surface area contributed by atoms with Gasteiger partial charge >= 0.3 is 5.97 Å². The van der Waals surface area contributed by atoms with Crippen LogP contribution >= 0.6 is 23.2 Å². The van der Waals surface area contributed by atoms with Gasteiger partial charge in [-0.25, -0.2) is 9.18 Å². The van der Waals surface area contributed by atoms with Crippen LogP contribution in [-0.4, -0.2) is 21.8 Å². The fourth-order valence-corrected chi connectivity index (χ4v) is 2.93. The third-order valence-corrected chi connectivity index (χ3v) is 3.88. The summed E-state index contributed by atoms with van der Waals surface area (Å²) in [6.45, 7) is 1.32. The Hall–Kier alpha value is -1.95. The van der Waals surface area contributed by atoms with Crippen LogP contribution in [0.1, 0.15) is 18.2 Å². The number of hydrogen-bond acceptors (Lipinski definition) is 4. The van der Waals surface area contributed by atoms with E-state index < -0.39 is 17.6 Å². The minimum atomic E-state index is -1.88. The molecule has 0 amide bonds. The highest BCUT2D eigenvalue weighted by Gasteiger charge is 2.44. The number of carbonyl (C=O) groups excluding carboxylic acids is 1. The van der Waals surface area contributed by atoms with Crippen molar-refractivity contribution in [1.29, 1.82) is 0 Å². The van der Waals surface area contributed by atoms with Crippen molar-refractivity contribution in [3.8, 4) is 0 Å². The predicted molar refractivity (Wildman–Crippen MR) is 84.2 cm³/mol. The molecule has 0 spiro atoms. The maximum absolute atomic E-state index is 13.1. The highest BCUT2D eigenvalue weighted by Crippen LogP contribution is 2.43. The lowest BCUT2D eigenvalue weighted by Gasteiger charge is -2.19. The summed E-state index contributed by atoms with van der Waals surface area (Å²) >= 11 is 11.9. The smallest absolute Gasteiger partial charge is 0.343 e. The zero-order chi connectivity index (χ0) is 16.8. The lowest BCUT2D eigenvalue weighted by Crippen LogP contribution is -2.26. The fraction of sp³-hybridized carbons (Fsp3) is 0.125. The van der Waals surface area contributed by atoms with E-state index in [1.54, 1.807) is 0 Å². The number of cyclic esters (lactones) is 1. The van der Waals surface area contributed by atoms with E-state index in [1.807, 2.05) is 0 Å². The van der Waals surface area contributed by atoms with Gasteiger partial charge in [0.15, 0.2) is 0 Å². The Morgan fingerprint density at radius 3 is 2.52 bits per heavy atom. The van der Waals surface area contributed by atoms with Crippen molar-refractivity contribution in [1.82, 2.24) is 4.98 Å². The number of nitrogens with zero attached hydrogens (tertiary/aromatic N) is 1. The Balaban J connectivity index is 2.28. The van der Waals surface area contributed by atoms with E-state index in [-0.39, 0.29) is 21.9 Å². The summed E-state index contributed by atoms with van der Waals surface area (Å²) in [6.07, 6.45) is 1.33. The quantitative estimate of drug-likeness (QED) is 0.836. The van der Waals surface area contributed by atoms with Crippen molar-refractivity contribution >= 4 is 40.3 Å². The Morgan fingerprint density at radius 2 is 1.91 bits per heavy atom. The molecule has 2 aromatic rings. The molecular weight excluding hydrogens is 344 g/mol. The van der Waals surface area contributed by atoms with Gasteiger partial charge in [0.05, 0.1) is 21.3 Å². The van der Waals surface area contributed by atoms with Crippen LogP contribution in [0.4, 0.5) is 4.39 Å². The number of carbonyl (C=O) groups is 1. The molecule has 1 unspecified atom stereocenters. The van der Waals surface area contributed by atoms with Crippen molar-refractivity contribution < 1.29 is 19.0 Å². The molecular formula is C16H10Cl2FNO3. The number of esters is 1. The minimum absolute atomic E-state index is 0.0169. The van der Waals surface area contributed by atoms with Crippen LogP contribution in [0.5, 0.6) is 0 Å². The van der Waals surface area contributed by atoms with E-state index >= 15 is 0 Å². The van der Waals surface area contributed by atoms with Crippen molar-refractivity contribution in [3.05, 3.63) is 63.6 Å². The summed E-state index contributed by atoms with van der Waals surface area (Å²) in [6, 6.07) is 6.74. The van der Waals surface area contributed by atoms with Crippen LogP contribution in [0.3, 0.4) is 0 Å². The van der Waals surface area contributed by atoms with E-state index in [0.717, 1.165) is 0 Å². The average Bonchev–Trinajstić information content (AvgIpc) is 2.69. The van der Waals surface area contributed by atoms with Crippen LogP contribution in [0.25, 0.3) is 11.1 Å². The number of halogens is 3. The predicted octanol–water partition coefficient (Wildman–Crippen LogP) is 3.70. The molecule has 2 heterocycles. The van der Waals surface area contributed by atoms with Crippen LogP contribution < -0.4 is 0 Å². The topological polar surface area (TPSA) is 59.4 Å². The van der Waals surface area contributed by atoms with Crippen LogP contribution in [0, 0.1) is 5.82 Å². The molecule has 1 N–H and O–H groups in total. The zero-order valence-electron chi connectivity index (χ0n) is 11.8. The van der Waals surface area contributed by atoms with Crippen LogP contribution in [-0.2, 0) is 9.53 Å². The lowest BCUT2D eigenvalue weighted by atomic mass is 9.93. The molecule has 1 aromatic carbocycles. The van der Waals surface area contributed by atoms with Gasteiger partial charge in [-0.2, -0.15) is 0 Å². The first-order chi connectivity index (χ1) is 10.8. The number of pyridine rings is 1. The van der Waals surface area contributed by atoms with Crippen molar-refractivity contribution in [2.75, 3.05) is 0 Å². The first-order valence-corrected chi connectivity index (χ1v) is 7.33. The Morgan fingerprint density at radius 1 is 1.26 bits per heavy atom. The molecule has 4 nitrogen and oxygen atoms in total. The van der Waals surface area contributed by atoms with E-state index in [4.69, 9.17) is 27.9 Å². The average molecular weight is 354 g/mol. The number of rotatable bonds is 2. The summed E-state index contributed by atoms with van der Waals surface area (Å²) in [5.74, 6) is -3.09. The molecule has 1 atom stereocenters. The van der Waals surface area contributed by atoms with Gasteiger partial charge in [0.25, 0.3) is 0 Å². The SMILES string of the molecule is CC1(O)OC(=O)C(c2ncc(Cl)cc2Cl)=C1c1ccc(F)cc1. The van der Waals surface area contributed by atoms with Gasteiger partial charge in [-0.15, -0.1) is 0 Å². The summed E-state index contributed by atoms with van der Waals surface area (Å²) in [5, 5.41) is 10.9. The summed E-state index contributed by atoms with van der Waals surface area (Å²) in [5.41, 5.74) is 0.741. The zero-order valence-corrected chi connectivity index (χ0v) is 13.3. The molecule has 1 aliphatic rings. The summed E-state index contributed by atoms with van der Waals surface area (Å²) in [4.78, 5) is 16.3. The second kappa shape index (κ2) is 5.60. The summed E-state index contributed by atoms with van der Waals surface area (Å²) < 4.78 is 18.2. The van der Waals surface area contributed by atoms with Crippen molar-refractivity contribution in [2.45, 2.75) is 12.7 Å². The van der Waals surface area contributed by atoms with Gasteiger partial charge < -0.3 is 9.84 Å². The largest absolute Gasteiger partial charge is 0.425 e. The molecule has 118 valence electrons. The monoisotopic (exact) mass is 353 g/mol. The Labute approximate surface area is 141 Å². The lowest BCUT2D eigenvalue weighted by molar-refractivity contribution is -0.169. The summed E-state index contributed by atoms with van der Waals surface area (Å²) in [7, 11) is 0. The van der Waals surface area contributed by atoms with Crippen LogP contribution in [0.2, 0.25) is 10.0 Å². The van der Waals surface area contributed by atoms with Gasteiger partial charge in [-0.1, -0.05) is 35.3 Å². The molecule has 0 saturated heterocycles. The number of aliphatic hydroxyl groups is 1. The van der Waals surface area contributed by atoms with Crippen LogP contribution in [0.15, 0.2) is 36.5 Å². The highest BCUT2D eigenvalue weighted by molar-refractivity contribution is 6.38. The number of benzene rings is 1. The number of aromatic nitrogens is 1. The van der Waals surface area contributed by atoms with Gasteiger partial charge in [0.1, 0.15) is 5.82 Å². The van der Waals surface area contributed by atoms with Gasteiger partial charge in [-0.05, 0) is 23.8 Å². The Bertz CT molecular complexity index is 832. The molecule has 1 aromatic heterocycles. The van der Waals surface area contributed by atoms with E-state index in [1.165, 1.54) is 43.5 Å². The molecule has 23 heavy (non-hydrogen) atoms. The normalized spacial score (nSPS) is 20.8. The van der Waals surface area contributed by atoms with E-state index in [9.17, 15) is 14.3 Å². The molecule has 0 saturated carbocycles. The van der Waals surface area contributed by atoms with Gasteiger partial charge in [-0.3, -0.25) is 4.98 Å². The fourth-order valence-electron chi connectivity index (χ4n) is 2.46. The standard InChI is InChI=1S/C16H10Cl2FNO3/c1-16(22)13(8-2-4-10(19)5-3-8)12(15(21)23-16)14-11(18)6-9(17)7-20-14/h2-7,22H,1H3. The number of hydrogen-bond donors (Lipinski definition) is 1. The molecule has 1 aliphatic heterocycles. The van der Waals surface area contributed by atoms with E-state index in [0.29, 0.717) is 10.6 Å². The molecule has 0 fully saturated rings. The molecule has 3 rings (SSSR count). The third-order valence-electron chi connectivity index (χ3n) is 3.39. The van der Waals surface area contributed by atoms with Crippen molar-refractivity contribution in [3.63, 3.8) is 0 Å². The number of ether oxygens (including phenoxy) is 1. The van der Waals surface area contributed by atoms with Crippen molar-refractivity contribution in [2.24, 2.45) is 0 Å². The maximum atomic E-state index is 13.1. The first-order valence-electron chi connectivity index (χ1n) is 6.57. The molecule has 0 bridgehead atoms. The third kappa shape index (κ3) is 2.83. The first kappa shape index (κ1) is 15.9. The van der Waals surface area contributed by atoms with Gasteiger partial charge in [0, 0.05) is 18.7 Å². The minimum Gasteiger partial charge on any atom is -0.425 e. The Kier molecular flexibility index (Phi) is 3.88. The highest BCUT2D eigenvalue weighted by atomic mass is 35.5. The molecule has 0 aliphatic carbocycles. The molecule has 7 heteroatoms. The second-order valence-electron chi connectivity index (χ2n) is 5.11.